The van der Waals surface area contributed by atoms with Crippen molar-refractivity contribution < 1.29 is 51.8 Å². The molecule has 169 valence electrons. The number of unbranched alkanes of at least 4 members (excludes halogenated alkanes) is 6. The molecule has 0 aromatic heterocycles. The monoisotopic (exact) mass is 495 g/mol. The molecule has 1 aromatic rings. The van der Waals surface area contributed by atoms with Crippen molar-refractivity contribution in [1.29, 1.82) is 0 Å². The Balaban J connectivity index is 0. The number of rotatable bonds is 12. The largest absolute Gasteiger partial charge is 0.497 e. The number of carbonyl (C=O) groups excluding carboxylic acids is 2. The molecule has 0 aliphatic carbocycles. The second-order valence-electron chi connectivity index (χ2n) is 6.98. The van der Waals surface area contributed by atoms with Crippen molar-refractivity contribution in [2.45, 2.75) is 86.0 Å². The van der Waals surface area contributed by atoms with Gasteiger partial charge in [0.2, 0.25) is 0 Å². The van der Waals surface area contributed by atoms with Gasteiger partial charge in [0.05, 0.1) is 30.9 Å². The van der Waals surface area contributed by atoms with Crippen LogP contribution in [-0.4, -0.2) is 25.6 Å². The number of benzene rings is 1. The first kappa shape index (κ1) is 31.1. The van der Waals surface area contributed by atoms with Crippen molar-refractivity contribution in [2.24, 2.45) is 0 Å². The third-order valence-electron chi connectivity index (χ3n) is 4.36. The third kappa shape index (κ3) is 13.3. The molecule has 0 fully saturated rings. The fourth-order valence-corrected chi connectivity index (χ4v) is 2.71. The molecule has 1 N–H and O–H groups in total. The smallest absolute Gasteiger partial charge is 0.340 e. The quantitative estimate of drug-likeness (QED) is 0.205. The van der Waals surface area contributed by atoms with E-state index in [4.69, 9.17) is 9.47 Å². The van der Waals surface area contributed by atoms with Crippen molar-refractivity contribution in [3.8, 4) is 5.75 Å². The summed E-state index contributed by atoms with van der Waals surface area (Å²) in [4.78, 5) is 23.9. The summed E-state index contributed by atoms with van der Waals surface area (Å²) >= 11 is 0. The van der Waals surface area contributed by atoms with E-state index in [1.165, 1.54) is 45.6 Å². The van der Waals surface area contributed by atoms with Crippen LogP contribution in [0.4, 0.5) is 5.69 Å². The summed E-state index contributed by atoms with van der Waals surface area (Å²) in [5, 5.41) is 2.75. The van der Waals surface area contributed by atoms with Crippen molar-refractivity contribution in [1.82, 2.24) is 0 Å². The van der Waals surface area contributed by atoms with E-state index >= 15 is 0 Å². The second kappa shape index (κ2) is 19.9. The molecule has 5 nitrogen and oxygen atoms in total. The van der Waals surface area contributed by atoms with Crippen LogP contribution in [0.25, 0.3) is 0 Å². The Bertz CT molecular complexity index is 599. The summed E-state index contributed by atoms with van der Waals surface area (Å²) in [6.07, 6.45) is 11.6. The van der Waals surface area contributed by atoms with Crippen LogP contribution in [0, 0.1) is 13.3 Å². The summed E-state index contributed by atoms with van der Waals surface area (Å²) in [6.45, 7) is 10.3. The molecule has 6 heteroatoms. The summed E-state index contributed by atoms with van der Waals surface area (Å²) in [6, 6.07) is 3.33. The molecule has 0 bridgehead atoms. The Labute approximate surface area is 208 Å². The van der Waals surface area contributed by atoms with Crippen LogP contribution in [0.2, 0.25) is 0 Å². The molecule has 30 heavy (non-hydrogen) atoms. The molecule has 0 atom stereocenters. The molecule has 0 unspecified atom stereocenters. The van der Waals surface area contributed by atoms with Crippen LogP contribution in [0.1, 0.15) is 95.0 Å². The maximum absolute atomic E-state index is 12.0. The van der Waals surface area contributed by atoms with Gasteiger partial charge in [0.1, 0.15) is 5.75 Å². The number of amides is 1. The average Bonchev–Trinajstić information content (AvgIpc) is 2.71. The fourth-order valence-electron chi connectivity index (χ4n) is 2.71. The number of nitrogens with one attached hydrogen (secondary N) is 1. The van der Waals surface area contributed by atoms with E-state index in [2.05, 4.69) is 19.2 Å². The van der Waals surface area contributed by atoms with Gasteiger partial charge in [0.15, 0.2) is 0 Å². The Kier molecular flexibility index (Phi) is 20.6. The molecule has 1 radical (unpaired) electrons. The number of anilines is 1. The fraction of sp³-hybridized carbons (Fsp3) is 0.625. The van der Waals surface area contributed by atoms with Crippen LogP contribution in [0.3, 0.4) is 0 Å². The molecular formula is C24H40NO4Y-. The Morgan fingerprint density at radius 2 is 1.57 bits per heavy atom. The van der Waals surface area contributed by atoms with Gasteiger partial charge in [-0.2, -0.15) is 6.42 Å². The van der Waals surface area contributed by atoms with Crippen LogP contribution in [-0.2, 0) is 42.2 Å². The SMILES string of the molecule is CCCCCCCC.CCC[CH-]C(=O)Nc1c(C)cc(OC)cc1C(=O)OCC.[Y]. The zero-order valence-electron chi connectivity index (χ0n) is 19.8. The minimum absolute atomic E-state index is 0. The summed E-state index contributed by atoms with van der Waals surface area (Å²) in [5.74, 6) is -0.160. The first-order valence-corrected chi connectivity index (χ1v) is 10.9. The van der Waals surface area contributed by atoms with Crippen molar-refractivity contribution >= 4 is 17.6 Å². The minimum atomic E-state index is -0.481. The van der Waals surface area contributed by atoms with E-state index in [-0.39, 0.29) is 45.2 Å². The predicted molar refractivity (Wildman–Crippen MR) is 121 cm³/mol. The summed E-state index contributed by atoms with van der Waals surface area (Å²) in [5.41, 5.74) is 1.51. The van der Waals surface area contributed by atoms with Gasteiger partial charge in [-0.3, -0.25) is 0 Å². The van der Waals surface area contributed by atoms with Gasteiger partial charge in [-0.25, -0.2) is 4.79 Å². The predicted octanol–water partition coefficient (Wildman–Crippen LogP) is 6.49. The first-order valence-electron chi connectivity index (χ1n) is 10.9. The van der Waals surface area contributed by atoms with E-state index in [1.807, 2.05) is 6.92 Å². The van der Waals surface area contributed by atoms with Crippen molar-refractivity contribution in [2.75, 3.05) is 19.0 Å². The number of hydrogen-bond acceptors (Lipinski definition) is 4. The van der Waals surface area contributed by atoms with Gasteiger partial charge in [0, 0.05) is 32.7 Å². The molecule has 0 heterocycles. The van der Waals surface area contributed by atoms with Gasteiger partial charge >= 0.3 is 5.97 Å². The number of ether oxygens (including phenoxy) is 2. The van der Waals surface area contributed by atoms with E-state index in [0.717, 1.165) is 12.0 Å². The maximum Gasteiger partial charge on any atom is 0.340 e. The molecule has 0 spiro atoms. The Hall–Kier alpha value is -1.07. The van der Waals surface area contributed by atoms with E-state index in [9.17, 15) is 9.59 Å². The number of aryl methyl sites for hydroxylation is 1. The zero-order chi connectivity index (χ0) is 22.1. The van der Waals surface area contributed by atoms with E-state index < -0.39 is 5.97 Å². The molecule has 1 amide bonds. The Morgan fingerprint density at radius 3 is 2.03 bits per heavy atom. The van der Waals surface area contributed by atoms with Gasteiger partial charge in [0.25, 0.3) is 0 Å². The Morgan fingerprint density at radius 1 is 0.967 bits per heavy atom. The molecule has 1 rings (SSSR count). The standard InChI is InChI=1S/C16H22NO4.C8H18.Y/c1-5-7-8-14(18)17-15-11(3)9-12(20-4)10-13(15)16(19)21-6-2;1-3-5-7-8-6-4-2;/h8-10H,5-7H2,1-4H3,(H,17,18);3-8H2,1-2H3;/q-1;;. The van der Waals surface area contributed by atoms with Crippen LogP contribution in [0.15, 0.2) is 12.1 Å². The van der Waals surface area contributed by atoms with E-state index in [0.29, 0.717) is 23.4 Å². The van der Waals surface area contributed by atoms with Gasteiger partial charge in [-0.05, 0) is 31.5 Å². The summed E-state index contributed by atoms with van der Waals surface area (Å²) in [7, 11) is 1.52. The second-order valence-corrected chi connectivity index (χ2v) is 6.98. The molecule has 0 saturated carbocycles. The van der Waals surface area contributed by atoms with Crippen molar-refractivity contribution in [3.05, 3.63) is 29.7 Å². The third-order valence-corrected chi connectivity index (χ3v) is 4.36. The molecule has 0 aliphatic rings. The number of esters is 1. The average molecular weight is 495 g/mol. The zero-order valence-corrected chi connectivity index (χ0v) is 22.6. The van der Waals surface area contributed by atoms with Crippen LogP contribution < -0.4 is 10.1 Å². The van der Waals surface area contributed by atoms with Crippen LogP contribution in [0.5, 0.6) is 5.75 Å². The minimum Gasteiger partial charge on any atom is -0.497 e. The number of methoxy groups -OCH3 is 1. The molecule has 0 aliphatic heterocycles. The van der Waals surface area contributed by atoms with Gasteiger partial charge in [-0.1, -0.05) is 65.7 Å². The first-order chi connectivity index (χ1) is 13.9. The van der Waals surface area contributed by atoms with Gasteiger partial charge in [-0.15, -0.1) is 0 Å². The summed E-state index contributed by atoms with van der Waals surface area (Å²) < 4.78 is 10.2. The molecule has 1 aromatic carbocycles. The maximum atomic E-state index is 12.0. The van der Waals surface area contributed by atoms with Gasteiger partial charge < -0.3 is 26.0 Å². The topological polar surface area (TPSA) is 64.6 Å². The van der Waals surface area contributed by atoms with E-state index in [1.54, 1.807) is 32.4 Å². The molecule has 0 saturated heterocycles. The van der Waals surface area contributed by atoms with Crippen LogP contribution >= 0.6 is 0 Å². The molecular weight excluding hydrogens is 455 g/mol. The van der Waals surface area contributed by atoms with Crippen molar-refractivity contribution in [3.63, 3.8) is 0 Å². The number of hydrogen-bond donors (Lipinski definition) is 1. The number of carbonyl (C=O) groups is 2. The normalized spacial score (nSPS) is 9.53.